The molecule has 17 nitrogen and oxygen atoms in total. The molecule has 64 heavy (non-hydrogen) atoms. The van der Waals surface area contributed by atoms with Crippen LogP contribution in [0.3, 0.4) is 0 Å². The minimum Gasteiger partial charge on any atom is -0.481 e. The molecule has 0 radical (unpaired) electrons. The summed E-state index contributed by atoms with van der Waals surface area (Å²) in [6.45, 7) is 7.50. The van der Waals surface area contributed by atoms with Crippen molar-refractivity contribution in [3.05, 3.63) is 0 Å². The molecule has 8 atom stereocenters. The van der Waals surface area contributed by atoms with Crippen LogP contribution in [0.4, 0.5) is 0 Å². The van der Waals surface area contributed by atoms with Gasteiger partial charge in [0.2, 0.25) is 23.6 Å². The zero-order valence-electron chi connectivity index (χ0n) is 40.6. The number of unbranched alkanes of at least 4 members (excludes halogenated alkanes) is 18. The largest absolute Gasteiger partial charge is 0.481 e. The molecule has 1 rings (SSSR count). The van der Waals surface area contributed by atoms with Crippen molar-refractivity contribution in [3.63, 3.8) is 0 Å². The van der Waals surface area contributed by atoms with Crippen LogP contribution in [0.25, 0.3) is 0 Å². The van der Waals surface area contributed by atoms with Crippen molar-refractivity contribution in [3.8, 4) is 0 Å². The summed E-state index contributed by atoms with van der Waals surface area (Å²) < 4.78 is 31.4. The van der Waals surface area contributed by atoms with E-state index in [4.69, 9.17) is 31.2 Å². The van der Waals surface area contributed by atoms with E-state index in [0.29, 0.717) is 11.7 Å². The van der Waals surface area contributed by atoms with Gasteiger partial charge < -0.3 is 50.8 Å². The quantitative estimate of drug-likeness (QED) is 0.0315. The summed E-state index contributed by atoms with van der Waals surface area (Å²) in [6, 6.07) is -3.80. The molecule has 1 heterocycles. The molecule has 0 saturated carbocycles. The summed E-state index contributed by atoms with van der Waals surface area (Å²) in [5.41, 5.74) is 5.29. The Balaban J connectivity index is 2.80. The lowest BCUT2D eigenvalue weighted by atomic mass is 9.97. The Morgan fingerprint density at radius 1 is 0.750 bits per heavy atom. The van der Waals surface area contributed by atoms with Crippen LogP contribution in [-0.2, 0) is 52.5 Å². The number of amides is 4. The van der Waals surface area contributed by atoms with Gasteiger partial charge in [0.25, 0.3) is 0 Å². The first-order valence-electron chi connectivity index (χ1n) is 24.7. The number of aliphatic hydroxyl groups is 1. The molecule has 0 bridgehead atoms. The summed E-state index contributed by atoms with van der Waals surface area (Å²) in [4.78, 5) is 87.0. The zero-order valence-corrected chi connectivity index (χ0v) is 39.6. The van der Waals surface area contributed by atoms with Gasteiger partial charge in [-0.25, -0.2) is 0 Å². The molecule has 0 unspecified atom stereocenters. The van der Waals surface area contributed by atoms with E-state index in [2.05, 4.69) is 24.5 Å². The topological polar surface area (TPSA) is 259 Å². The first kappa shape index (κ1) is 56.3. The molecule has 1 fully saturated rings. The van der Waals surface area contributed by atoms with Crippen molar-refractivity contribution >= 4 is 41.5 Å². The van der Waals surface area contributed by atoms with E-state index < -0.39 is 97.2 Å². The lowest BCUT2D eigenvalue weighted by Gasteiger charge is -2.41. The van der Waals surface area contributed by atoms with E-state index in [1.54, 1.807) is 0 Å². The molecule has 1 aliphatic heterocycles. The second kappa shape index (κ2) is 35.4. The first-order valence-corrected chi connectivity index (χ1v) is 24.2. The van der Waals surface area contributed by atoms with Gasteiger partial charge in [-0.3, -0.25) is 33.6 Å². The average Bonchev–Trinajstić information content (AvgIpc) is 3.25. The summed E-state index contributed by atoms with van der Waals surface area (Å²) in [5, 5.41) is 25.5. The number of carbonyl (C=O) groups is 7. The normalized spacial score (nSPS) is 19.3. The Morgan fingerprint density at radius 3 is 1.80 bits per heavy atom. The van der Waals surface area contributed by atoms with Gasteiger partial charge in [-0.05, 0) is 39.5 Å². The molecule has 7 N–H and O–H groups in total. The van der Waals surface area contributed by atoms with Crippen molar-refractivity contribution in [1.82, 2.24) is 15.9 Å². The van der Waals surface area contributed by atoms with Gasteiger partial charge in [-0.1, -0.05) is 129 Å². The fourth-order valence-electron chi connectivity index (χ4n) is 7.55. The molecule has 370 valence electrons. The van der Waals surface area contributed by atoms with Gasteiger partial charge in [0.05, 0.1) is 19.1 Å². The lowest BCUT2D eigenvalue weighted by Crippen LogP contribution is -2.62. The molecule has 1 saturated heterocycles. The van der Waals surface area contributed by atoms with Crippen LogP contribution in [0.5, 0.6) is 0 Å². The molecule has 0 aromatic carbocycles. The maximum absolute atomic E-state index is 13.3. The van der Waals surface area contributed by atoms with Gasteiger partial charge in [0.1, 0.15) is 49.2 Å². The van der Waals surface area contributed by atoms with E-state index in [9.17, 15) is 38.7 Å². The van der Waals surface area contributed by atoms with Gasteiger partial charge in [-0.2, -0.15) is 0 Å². The third-order valence-electron chi connectivity index (χ3n) is 11.4. The summed E-state index contributed by atoms with van der Waals surface area (Å²) >= 11 is 0. The van der Waals surface area contributed by atoms with Crippen LogP contribution in [0.15, 0.2) is 0 Å². The molecule has 1 aliphatic rings. The molecule has 0 aromatic heterocycles. The molecule has 0 spiro atoms. The standard InChI is InChI=1S/C47H84N4O13/c1-6-8-10-12-14-15-16-17-18-19-21-23-25-27-41(55)64-36(26-24-22-20-13-11-9-7-2)30-42(56)62-32-39-43(57)44(38(31-61-39)50-35(5)52)63-34(4)47(60)49-33(3)46(59)51-37(45(48)58)28-29-40(53)54/h33-34,36-39,43-44,57H,6-32H2,1-5H3,(H2,48,58)(H,49,60)(H,50,52)(H,51,59)(H,53,54)/t33-,34+,36+,37-,38-,39+,43+,44+/m0/s1/i/hD. The number of nitrogens with two attached hydrogens (primary N) is 1. The minimum atomic E-state index is -1.55. The molecular weight excluding hydrogens is 829 g/mol. The Hall–Kier alpha value is -3.83. The van der Waals surface area contributed by atoms with Crippen molar-refractivity contribution < 1.29 is 64.1 Å². The predicted molar refractivity (Wildman–Crippen MR) is 242 cm³/mol. The number of hydrogen-bond acceptors (Lipinski definition) is 12. The Labute approximate surface area is 383 Å². The predicted octanol–water partition coefficient (Wildman–Crippen LogP) is 5.83. The Bertz CT molecular complexity index is 1410. The number of aliphatic hydroxyl groups excluding tert-OH is 1. The maximum Gasteiger partial charge on any atom is 0.309 e. The first-order chi connectivity index (χ1) is 31.0. The van der Waals surface area contributed by atoms with Crippen molar-refractivity contribution in [2.24, 2.45) is 5.73 Å². The highest BCUT2D eigenvalue weighted by Gasteiger charge is 2.43. The monoisotopic (exact) mass is 914 g/mol. The van der Waals surface area contributed by atoms with Crippen LogP contribution >= 0.6 is 0 Å². The highest BCUT2D eigenvalue weighted by molar-refractivity contribution is 5.92. The smallest absolute Gasteiger partial charge is 0.309 e. The molecule has 4 amide bonds. The fourth-order valence-corrected chi connectivity index (χ4v) is 7.55. The summed E-state index contributed by atoms with van der Waals surface area (Å²) in [7, 11) is 0. The fraction of sp³-hybridized carbons (Fsp3) is 0.851. The molecule has 17 heteroatoms. The van der Waals surface area contributed by atoms with Crippen LogP contribution in [0, 0.1) is 0 Å². The van der Waals surface area contributed by atoms with E-state index in [1.807, 2.05) is 0 Å². The maximum atomic E-state index is 13.3. The van der Waals surface area contributed by atoms with E-state index in [-0.39, 0.29) is 31.8 Å². The van der Waals surface area contributed by atoms with Crippen molar-refractivity contribution in [2.75, 3.05) is 13.2 Å². The number of primary amides is 1. The van der Waals surface area contributed by atoms with Crippen LogP contribution in [0.2, 0.25) is 1.41 Å². The number of carboxylic acid groups (broad SMARTS) is 1. The number of carbonyl (C=O) groups excluding carboxylic acids is 6. The number of aliphatic carboxylic acids is 1. The third kappa shape index (κ3) is 27.5. The zero-order chi connectivity index (χ0) is 48.6. The van der Waals surface area contributed by atoms with Gasteiger partial charge in [0, 0.05) is 19.8 Å². The Kier molecular flexibility index (Phi) is 31.2. The van der Waals surface area contributed by atoms with Crippen LogP contribution in [0.1, 0.15) is 195 Å². The number of nitrogens with one attached hydrogen (secondary N) is 3. The lowest BCUT2D eigenvalue weighted by molar-refractivity contribution is -0.198. The van der Waals surface area contributed by atoms with Gasteiger partial charge in [-0.15, -0.1) is 0 Å². The molecule has 0 aliphatic carbocycles. The second-order valence-corrected chi connectivity index (χ2v) is 17.4. The highest BCUT2D eigenvalue weighted by Crippen LogP contribution is 2.22. The van der Waals surface area contributed by atoms with E-state index in [1.165, 1.54) is 91.4 Å². The second-order valence-electron chi connectivity index (χ2n) is 17.4. The van der Waals surface area contributed by atoms with Crippen LogP contribution in [-0.4, -0.2) is 114 Å². The SMILES string of the molecule is [2H]N(C(=O)[C@@H](C)O[C@H]1[C@H](O)[C@@H](COC(=O)C[C@@H](CCCCCCCCC)OC(=O)CCCCCCCCCCCCCCC)OC[C@@H]1NC(C)=O)[C@@H](C)C(=O)N[C@@H](CCC(=O)O)C(N)=O. The number of hydrogen-bond donors (Lipinski definition) is 6. The Morgan fingerprint density at radius 2 is 1.28 bits per heavy atom. The minimum absolute atomic E-state index is 0.187. The van der Waals surface area contributed by atoms with Crippen LogP contribution < -0.4 is 21.7 Å². The number of rotatable bonds is 38. The number of carboxylic acids is 1. The molecule has 0 aromatic rings. The summed E-state index contributed by atoms with van der Waals surface area (Å²) in [6.07, 6.45) is 16.6. The van der Waals surface area contributed by atoms with E-state index >= 15 is 0 Å². The van der Waals surface area contributed by atoms with E-state index in [0.717, 1.165) is 57.8 Å². The summed E-state index contributed by atoms with van der Waals surface area (Å²) in [5.74, 6) is -5.68. The van der Waals surface area contributed by atoms with Gasteiger partial charge >= 0.3 is 17.9 Å². The number of ether oxygens (including phenoxy) is 4. The van der Waals surface area contributed by atoms with Crippen molar-refractivity contribution in [2.45, 2.75) is 244 Å². The molecular formula is C47H84N4O13. The average molecular weight is 914 g/mol. The highest BCUT2D eigenvalue weighted by atomic mass is 16.6. The van der Waals surface area contributed by atoms with Crippen molar-refractivity contribution in [1.29, 1.82) is 0 Å². The van der Waals surface area contributed by atoms with Gasteiger partial charge in [0.15, 0.2) is 1.41 Å². The third-order valence-corrected chi connectivity index (χ3v) is 11.4. The number of esters is 2.